The number of H-pyrrole nitrogens is 1. The Bertz CT molecular complexity index is 1450. The molecule has 3 heterocycles. The summed E-state index contributed by atoms with van der Waals surface area (Å²) in [7, 11) is -3.22. The standard InChI is InChI=1S/C25H26N6O3S/c1-16-12-21(31-30-16)20-14-26-25(29-24(20)28-22(15-32)17-6-3-2-4-7-17)27-19-9-10-23-18(13-19)8-5-11-35(23,33)34/h2-4,6-7,9-10,12-14,22,32H,5,8,11,15H2,1H3,(H,30,31)(H2,26,27,28,29)/t22-/m1/s1. The number of hydrogen-bond acceptors (Lipinski definition) is 8. The highest BCUT2D eigenvalue weighted by molar-refractivity contribution is 7.91. The van der Waals surface area contributed by atoms with Crippen LogP contribution in [0.1, 0.15) is 29.3 Å². The number of aryl methyl sites for hydroxylation is 2. The van der Waals surface area contributed by atoms with Crippen LogP contribution in [0.15, 0.2) is 65.7 Å². The van der Waals surface area contributed by atoms with E-state index in [9.17, 15) is 13.5 Å². The summed E-state index contributed by atoms with van der Waals surface area (Å²) in [6.07, 6.45) is 3.00. The fraction of sp³-hybridized carbons (Fsp3) is 0.240. The van der Waals surface area contributed by atoms with Crippen LogP contribution in [-0.4, -0.2) is 46.0 Å². The van der Waals surface area contributed by atoms with Gasteiger partial charge < -0.3 is 15.7 Å². The lowest BCUT2D eigenvalue weighted by Gasteiger charge is -2.20. The first-order valence-corrected chi connectivity index (χ1v) is 13.0. The van der Waals surface area contributed by atoms with Gasteiger partial charge in [-0.15, -0.1) is 0 Å². The maximum atomic E-state index is 12.3. The van der Waals surface area contributed by atoms with Crippen LogP contribution < -0.4 is 10.6 Å². The molecular weight excluding hydrogens is 464 g/mol. The molecule has 1 aliphatic rings. The van der Waals surface area contributed by atoms with Gasteiger partial charge >= 0.3 is 0 Å². The second-order valence-corrected chi connectivity index (χ2v) is 10.6. The van der Waals surface area contributed by atoms with Crippen molar-refractivity contribution in [1.29, 1.82) is 0 Å². The lowest BCUT2D eigenvalue weighted by atomic mass is 10.1. The van der Waals surface area contributed by atoms with Crippen molar-refractivity contribution in [2.24, 2.45) is 0 Å². The summed E-state index contributed by atoms with van der Waals surface area (Å²) < 4.78 is 24.7. The Morgan fingerprint density at radius 2 is 1.97 bits per heavy atom. The number of aliphatic hydroxyl groups is 1. The normalized spacial score (nSPS) is 15.3. The molecule has 180 valence electrons. The highest BCUT2D eigenvalue weighted by Crippen LogP contribution is 2.31. The van der Waals surface area contributed by atoms with Gasteiger partial charge in [0.15, 0.2) is 9.84 Å². The van der Waals surface area contributed by atoms with Crippen LogP contribution in [0.5, 0.6) is 0 Å². The summed E-state index contributed by atoms with van der Waals surface area (Å²) in [5.41, 5.74) is 4.69. The van der Waals surface area contributed by atoms with E-state index in [0.717, 1.165) is 16.8 Å². The molecule has 0 saturated carbocycles. The monoisotopic (exact) mass is 490 g/mol. The van der Waals surface area contributed by atoms with E-state index in [1.54, 1.807) is 18.3 Å². The van der Waals surface area contributed by atoms with Crippen LogP contribution >= 0.6 is 0 Å². The number of anilines is 3. The molecule has 4 N–H and O–H groups in total. The third kappa shape index (κ3) is 4.89. The molecule has 0 saturated heterocycles. The summed E-state index contributed by atoms with van der Waals surface area (Å²) in [5.74, 6) is 1.04. The maximum Gasteiger partial charge on any atom is 0.229 e. The third-order valence-corrected chi connectivity index (χ3v) is 7.87. The van der Waals surface area contributed by atoms with Crippen molar-refractivity contribution in [3.8, 4) is 11.3 Å². The zero-order chi connectivity index (χ0) is 24.4. The Kier molecular flexibility index (Phi) is 6.23. The topological polar surface area (TPSA) is 133 Å². The minimum atomic E-state index is -3.22. The summed E-state index contributed by atoms with van der Waals surface area (Å²) >= 11 is 0. The van der Waals surface area contributed by atoms with E-state index in [1.807, 2.05) is 49.4 Å². The van der Waals surface area contributed by atoms with Crippen molar-refractivity contribution >= 4 is 27.3 Å². The number of aromatic amines is 1. The number of nitrogens with one attached hydrogen (secondary N) is 3. The molecule has 10 heteroatoms. The molecule has 2 aromatic heterocycles. The molecule has 4 aromatic rings. The van der Waals surface area contributed by atoms with Gasteiger partial charge in [-0.2, -0.15) is 10.1 Å². The number of hydrogen-bond donors (Lipinski definition) is 4. The number of rotatable bonds is 7. The lowest BCUT2D eigenvalue weighted by molar-refractivity contribution is 0.276. The largest absolute Gasteiger partial charge is 0.394 e. The predicted octanol–water partition coefficient (Wildman–Crippen LogP) is 3.78. The van der Waals surface area contributed by atoms with Gasteiger partial charge in [0.05, 0.1) is 34.6 Å². The van der Waals surface area contributed by atoms with Gasteiger partial charge in [0.1, 0.15) is 5.82 Å². The molecule has 9 nitrogen and oxygen atoms in total. The second-order valence-electron chi connectivity index (χ2n) is 8.55. The highest BCUT2D eigenvalue weighted by atomic mass is 32.2. The third-order valence-electron chi connectivity index (χ3n) is 5.98. The molecule has 0 aliphatic carbocycles. The summed E-state index contributed by atoms with van der Waals surface area (Å²) in [5, 5.41) is 23.9. The fourth-order valence-corrected chi connectivity index (χ4v) is 5.81. The average molecular weight is 491 g/mol. The number of sulfone groups is 1. The molecule has 35 heavy (non-hydrogen) atoms. The van der Waals surface area contributed by atoms with E-state index < -0.39 is 9.84 Å². The van der Waals surface area contributed by atoms with Gasteiger partial charge in [-0.05, 0) is 55.2 Å². The van der Waals surface area contributed by atoms with Crippen LogP contribution in [0, 0.1) is 6.92 Å². The summed E-state index contributed by atoms with van der Waals surface area (Å²) in [4.78, 5) is 9.56. The zero-order valence-corrected chi connectivity index (χ0v) is 20.0. The van der Waals surface area contributed by atoms with E-state index in [4.69, 9.17) is 4.98 Å². The van der Waals surface area contributed by atoms with Gasteiger partial charge in [0.25, 0.3) is 0 Å². The molecule has 5 rings (SSSR count). The lowest BCUT2D eigenvalue weighted by Crippen LogP contribution is -2.17. The number of nitrogens with zero attached hydrogens (tertiary/aromatic N) is 3. The molecule has 0 spiro atoms. The molecule has 0 bridgehead atoms. The van der Waals surface area contributed by atoms with Gasteiger partial charge in [-0.1, -0.05) is 30.3 Å². The van der Waals surface area contributed by atoms with Crippen molar-refractivity contribution in [1.82, 2.24) is 20.2 Å². The average Bonchev–Trinajstić information content (AvgIpc) is 3.29. The maximum absolute atomic E-state index is 12.3. The Balaban J connectivity index is 1.49. The first-order valence-electron chi connectivity index (χ1n) is 11.4. The predicted molar refractivity (Wildman–Crippen MR) is 134 cm³/mol. The van der Waals surface area contributed by atoms with Gasteiger partial charge in [-0.3, -0.25) is 5.10 Å². The second kappa shape index (κ2) is 9.47. The van der Waals surface area contributed by atoms with Crippen LogP contribution in [-0.2, 0) is 16.3 Å². The van der Waals surface area contributed by atoms with Gasteiger partial charge in [0, 0.05) is 17.6 Å². The van der Waals surface area contributed by atoms with Crippen molar-refractivity contribution in [2.45, 2.75) is 30.7 Å². The first kappa shape index (κ1) is 23.0. The minimum absolute atomic E-state index is 0.130. The first-order chi connectivity index (χ1) is 16.9. The number of benzene rings is 2. The molecule has 0 radical (unpaired) electrons. The number of aromatic nitrogens is 4. The Morgan fingerprint density at radius 3 is 2.71 bits per heavy atom. The Hall–Kier alpha value is -3.76. The van der Waals surface area contributed by atoms with E-state index in [-0.39, 0.29) is 18.4 Å². The molecule has 0 fully saturated rings. The summed E-state index contributed by atoms with van der Waals surface area (Å²) in [6, 6.07) is 16.4. The van der Waals surface area contributed by atoms with E-state index >= 15 is 0 Å². The van der Waals surface area contributed by atoms with Crippen molar-refractivity contribution < 1.29 is 13.5 Å². The molecular formula is C25H26N6O3S. The smallest absolute Gasteiger partial charge is 0.229 e. The van der Waals surface area contributed by atoms with Crippen molar-refractivity contribution in [2.75, 3.05) is 23.0 Å². The Morgan fingerprint density at radius 1 is 1.14 bits per heavy atom. The number of fused-ring (bicyclic) bond motifs is 1. The molecule has 1 atom stereocenters. The van der Waals surface area contributed by atoms with Gasteiger partial charge in [-0.25, -0.2) is 13.4 Å². The van der Waals surface area contributed by atoms with Crippen LogP contribution in [0.3, 0.4) is 0 Å². The molecule has 1 aliphatic heterocycles. The summed E-state index contributed by atoms with van der Waals surface area (Å²) in [6.45, 7) is 1.78. The van der Waals surface area contributed by atoms with Crippen molar-refractivity contribution in [3.63, 3.8) is 0 Å². The van der Waals surface area contributed by atoms with Crippen molar-refractivity contribution in [3.05, 3.63) is 77.6 Å². The highest BCUT2D eigenvalue weighted by Gasteiger charge is 2.24. The Labute approximate surface area is 203 Å². The van der Waals surface area contributed by atoms with E-state index in [1.165, 1.54) is 0 Å². The number of aliphatic hydroxyl groups excluding tert-OH is 1. The van der Waals surface area contributed by atoms with E-state index in [2.05, 4.69) is 25.8 Å². The fourth-order valence-electron chi connectivity index (χ4n) is 4.23. The molecule has 2 aromatic carbocycles. The SMILES string of the molecule is Cc1cc(-c2cnc(Nc3ccc4c(c3)CCCS4(=O)=O)nc2N[C@H](CO)c2ccccc2)n[nH]1. The van der Waals surface area contributed by atoms with Gasteiger partial charge in [0.2, 0.25) is 5.95 Å². The molecule has 0 amide bonds. The quantitative estimate of drug-likeness (QED) is 0.308. The van der Waals surface area contributed by atoms with E-state index in [0.29, 0.717) is 46.4 Å². The van der Waals surface area contributed by atoms with Crippen LogP contribution in [0.4, 0.5) is 17.5 Å². The minimum Gasteiger partial charge on any atom is -0.394 e. The van der Waals surface area contributed by atoms with Crippen LogP contribution in [0.25, 0.3) is 11.3 Å². The zero-order valence-electron chi connectivity index (χ0n) is 19.2. The molecule has 0 unspecified atom stereocenters. The van der Waals surface area contributed by atoms with Crippen LogP contribution in [0.2, 0.25) is 0 Å².